The van der Waals surface area contributed by atoms with Crippen molar-refractivity contribution in [1.29, 1.82) is 0 Å². The van der Waals surface area contributed by atoms with Gasteiger partial charge in [-0.1, -0.05) is 19.9 Å². The number of hydrogen-bond acceptors (Lipinski definition) is 4. The zero-order chi connectivity index (χ0) is 11.5. The molecule has 3 nitrogen and oxygen atoms in total. The summed E-state index contributed by atoms with van der Waals surface area (Å²) < 4.78 is 0. The van der Waals surface area contributed by atoms with E-state index in [4.69, 9.17) is 5.73 Å². The maximum Gasteiger partial charge on any atom is 0.187 e. The fourth-order valence-electron chi connectivity index (χ4n) is 1.35. The lowest BCUT2D eigenvalue weighted by Crippen LogP contribution is -1.93. The van der Waals surface area contributed by atoms with E-state index in [0.29, 0.717) is 5.92 Å². The molecule has 0 atom stereocenters. The molecule has 3 N–H and O–H groups in total. The molecule has 84 valence electrons. The van der Waals surface area contributed by atoms with Crippen molar-refractivity contribution in [2.45, 2.75) is 19.8 Å². The Balaban J connectivity index is 2.14. The molecule has 0 aliphatic rings. The Morgan fingerprint density at radius 2 is 2.19 bits per heavy atom. The average molecular weight is 233 g/mol. The van der Waals surface area contributed by atoms with Crippen molar-refractivity contribution in [2.24, 2.45) is 0 Å². The van der Waals surface area contributed by atoms with Gasteiger partial charge in [0, 0.05) is 16.8 Å². The highest BCUT2D eigenvalue weighted by atomic mass is 32.1. The summed E-state index contributed by atoms with van der Waals surface area (Å²) >= 11 is 1.62. The van der Waals surface area contributed by atoms with Crippen LogP contribution in [0.4, 0.5) is 16.5 Å². The van der Waals surface area contributed by atoms with E-state index in [2.05, 4.69) is 29.5 Å². The second-order valence-corrected chi connectivity index (χ2v) is 4.84. The van der Waals surface area contributed by atoms with E-state index < -0.39 is 0 Å². The van der Waals surface area contributed by atoms with Gasteiger partial charge in [0.15, 0.2) is 5.13 Å². The van der Waals surface area contributed by atoms with Crippen molar-refractivity contribution in [1.82, 2.24) is 4.98 Å². The SMILES string of the molecule is CC(C)c1csc(Nc2cccc(N)c2)n1. The highest BCUT2D eigenvalue weighted by Crippen LogP contribution is 2.25. The van der Waals surface area contributed by atoms with E-state index in [1.165, 1.54) is 0 Å². The molecule has 0 spiro atoms. The van der Waals surface area contributed by atoms with E-state index >= 15 is 0 Å². The molecule has 1 aromatic carbocycles. The van der Waals surface area contributed by atoms with Gasteiger partial charge in [-0.05, 0) is 24.1 Å². The van der Waals surface area contributed by atoms with Gasteiger partial charge in [0.1, 0.15) is 0 Å². The fraction of sp³-hybridized carbons (Fsp3) is 0.250. The number of aromatic nitrogens is 1. The molecule has 2 rings (SSSR count). The van der Waals surface area contributed by atoms with E-state index in [1.807, 2.05) is 24.3 Å². The number of benzene rings is 1. The smallest absolute Gasteiger partial charge is 0.187 e. The summed E-state index contributed by atoms with van der Waals surface area (Å²) in [5.74, 6) is 0.465. The van der Waals surface area contributed by atoms with E-state index in [9.17, 15) is 0 Å². The summed E-state index contributed by atoms with van der Waals surface area (Å²) in [5, 5.41) is 6.24. The van der Waals surface area contributed by atoms with E-state index in [-0.39, 0.29) is 0 Å². The van der Waals surface area contributed by atoms with Crippen LogP contribution in [0.25, 0.3) is 0 Å². The molecule has 0 aliphatic heterocycles. The predicted molar refractivity (Wildman–Crippen MR) is 70.3 cm³/mol. The molecule has 2 aromatic rings. The molecule has 0 saturated heterocycles. The Morgan fingerprint density at radius 3 is 2.81 bits per heavy atom. The number of thiazole rings is 1. The topological polar surface area (TPSA) is 50.9 Å². The van der Waals surface area contributed by atoms with Crippen molar-refractivity contribution in [3.8, 4) is 0 Å². The van der Waals surface area contributed by atoms with Crippen LogP contribution >= 0.6 is 11.3 Å². The molecule has 0 bridgehead atoms. The predicted octanol–water partition coefficient (Wildman–Crippen LogP) is 3.59. The van der Waals surface area contributed by atoms with Crippen LogP contribution in [0.1, 0.15) is 25.5 Å². The van der Waals surface area contributed by atoms with Gasteiger partial charge in [0.2, 0.25) is 0 Å². The third kappa shape index (κ3) is 2.52. The minimum absolute atomic E-state index is 0.465. The Kier molecular flexibility index (Phi) is 3.10. The van der Waals surface area contributed by atoms with Crippen LogP contribution in [-0.4, -0.2) is 4.98 Å². The largest absolute Gasteiger partial charge is 0.399 e. The molecular weight excluding hydrogens is 218 g/mol. The molecule has 0 amide bonds. The summed E-state index contributed by atoms with van der Waals surface area (Å²) in [6.45, 7) is 4.28. The van der Waals surface area contributed by atoms with Crippen molar-refractivity contribution in [3.05, 3.63) is 35.3 Å². The highest BCUT2D eigenvalue weighted by Gasteiger charge is 2.05. The standard InChI is InChI=1S/C12H15N3S/c1-8(2)11-7-16-12(15-11)14-10-5-3-4-9(13)6-10/h3-8H,13H2,1-2H3,(H,14,15). The Labute approximate surface area is 99.3 Å². The van der Waals surface area contributed by atoms with Gasteiger partial charge in [0.05, 0.1) is 5.69 Å². The van der Waals surface area contributed by atoms with Crippen LogP contribution in [0.15, 0.2) is 29.6 Å². The van der Waals surface area contributed by atoms with Crippen molar-refractivity contribution in [3.63, 3.8) is 0 Å². The monoisotopic (exact) mass is 233 g/mol. The van der Waals surface area contributed by atoms with Crippen LogP contribution in [0.3, 0.4) is 0 Å². The number of nitrogens with two attached hydrogens (primary N) is 1. The Bertz CT molecular complexity index is 477. The van der Waals surface area contributed by atoms with Gasteiger partial charge in [-0.25, -0.2) is 4.98 Å². The van der Waals surface area contributed by atoms with Crippen LogP contribution in [0, 0.1) is 0 Å². The molecule has 1 heterocycles. The highest BCUT2D eigenvalue weighted by molar-refractivity contribution is 7.13. The zero-order valence-corrected chi connectivity index (χ0v) is 10.2. The molecule has 4 heteroatoms. The second-order valence-electron chi connectivity index (χ2n) is 3.98. The van der Waals surface area contributed by atoms with Gasteiger partial charge >= 0.3 is 0 Å². The number of anilines is 3. The van der Waals surface area contributed by atoms with Crippen LogP contribution in [-0.2, 0) is 0 Å². The maximum atomic E-state index is 5.71. The number of rotatable bonds is 3. The third-order valence-electron chi connectivity index (χ3n) is 2.25. The molecule has 16 heavy (non-hydrogen) atoms. The van der Waals surface area contributed by atoms with Crippen LogP contribution in [0.2, 0.25) is 0 Å². The van der Waals surface area contributed by atoms with Gasteiger partial charge in [0.25, 0.3) is 0 Å². The first-order valence-corrected chi connectivity index (χ1v) is 6.11. The molecule has 0 radical (unpaired) electrons. The number of nitrogens with one attached hydrogen (secondary N) is 1. The quantitative estimate of drug-likeness (QED) is 0.796. The van der Waals surface area contributed by atoms with Crippen molar-refractivity contribution in [2.75, 3.05) is 11.1 Å². The third-order valence-corrected chi connectivity index (χ3v) is 3.03. The molecule has 0 saturated carbocycles. The maximum absolute atomic E-state index is 5.71. The minimum Gasteiger partial charge on any atom is -0.399 e. The summed E-state index contributed by atoms with van der Waals surface area (Å²) in [4.78, 5) is 4.50. The average Bonchev–Trinajstić information content (AvgIpc) is 2.66. The number of hydrogen-bond donors (Lipinski definition) is 2. The molecule has 1 aromatic heterocycles. The molecular formula is C12H15N3S. The summed E-state index contributed by atoms with van der Waals surface area (Å²) in [6.07, 6.45) is 0. The first-order valence-electron chi connectivity index (χ1n) is 5.23. The molecule has 0 unspecified atom stereocenters. The lowest BCUT2D eigenvalue weighted by Gasteiger charge is -2.03. The normalized spacial score (nSPS) is 10.7. The summed E-state index contributed by atoms with van der Waals surface area (Å²) in [5.41, 5.74) is 8.56. The number of nitrogen functional groups attached to an aromatic ring is 1. The van der Waals surface area contributed by atoms with Gasteiger partial charge < -0.3 is 11.1 Å². The van der Waals surface area contributed by atoms with E-state index in [0.717, 1.165) is 22.2 Å². The number of nitrogens with zero attached hydrogens (tertiary/aromatic N) is 1. The summed E-state index contributed by atoms with van der Waals surface area (Å²) in [7, 11) is 0. The zero-order valence-electron chi connectivity index (χ0n) is 9.40. The summed E-state index contributed by atoms with van der Waals surface area (Å²) in [6, 6.07) is 7.67. The van der Waals surface area contributed by atoms with Crippen LogP contribution < -0.4 is 11.1 Å². The first-order chi connectivity index (χ1) is 7.65. The van der Waals surface area contributed by atoms with E-state index in [1.54, 1.807) is 11.3 Å². The minimum atomic E-state index is 0.465. The lowest BCUT2D eigenvalue weighted by molar-refractivity contribution is 0.834. The Hall–Kier alpha value is -1.55. The second kappa shape index (κ2) is 4.53. The van der Waals surface area contributed by atoms with Gasteiger partial charge in [-0.3, -0.25) is 0 Å². The molecule has 0 fully saturated rings. The van der Waals surface area contributed by atoms with Crippen molar-refractivity contribution >= 4 is 27.8 Å². The Morgan fingerprint density at radius 1 is 1.38 bits per heavy atom. The van der Waals surface area contributed by atoms with Crippen LogP contribution in [0.5, 0.6) is 0 Å². The fourth-order valence-corrected chi connectivity index (χ4v) is 2.24. The molecule has 0 aliphatic carbocycles. The lowest BCUT2D eigenvalue weighted by atomic mass is 10.2. The first kappa shape index (κ1) is 11.0. The van der Waals surface area contributed by atoms with Gasteiger partial charge in [-0.2, -0.15) is 0 Å². The van der Waals surface area contributed by atoms with Gasteiger partial charge in [-0.15, -0.1) is 11.3 Å². The van der Waals surface area contributed by atoms with Crippen molar-refractivity contribution < 1.29 is 0 Å².